The van der Waals surface area contributed by atoms with E-state index in [4.69, 9.17) is 0 Å². The molecule has 0 N–H and O–H groups in total. The first-order valence-electron chi connectivity index (χ1n) is 8.55. The molecular weight excluding hydrogens is 365 g/mol. The zero-order valence-corrected chi connectivity index (χ0v) is 16.8. The molecule has 1 unspecified atom stereocenters. The van der Waals surface area contributed by atoms with Gasteiger partial charge in [-0.3, -0.25) is 14.6 Å². The summed E-state index contributed by atoms with van der Waals surface area (Å²) in [5.41, 5.74) is 0. The Balaban J connectivity index is 0.00000144. The van der Waals surface area contributed by atoms with Gasteiger partial charge in [0.1, 0.15) is 0 Å². The predicted molar refractivity (Wildman–Crippen MR) is 106 cm³/mol. The largest absolute Gasteiger partial charge is 0.339 e. The van der Waals surface area contributed by atoms with E-state index in [9.17, 15) is 4.79 Å². The van der Waals surface area contributed by atoms with Gasteiger partial charge in [0.25, 0.3) is 0 Å². The van der Waals surface area contributed by atoms with Gasteiger partial charge in [-0.1, -0.05) is 19.4 Å². The van der Waals surface area contributed by atoms with Gasteiger partial charge in [-0.15, -0.1) is 36.2 Å². The average molecular weight is 394 g/mol. The maximum atomic E-state index is 12.8. The Morgan fingerprint density at radius 3 is 2.54 bits per heavy atom. The minimum Gasteiger partial charge on any atom is -0.339 e. The highest BCUT2D eigenvalue weighted by atomic mass is 35.5. The Morgan fingerprint density at radius 2 is 1.92 bits per heavy atom. The lowest BCUT2D eigenvalue weighted by Crippen LogP contribution is -2.55. The zero-order valence-electron chi connectivity index (χ0n) is 14.4. The zero-order chi connectivity index (χ0) is 15.4. The molecule has 4 nitrogen and oxygen atoms in total. The second kappa shape index (κ2) is 10.6. The van der Waals surface area contributed by atoms with E-state index in [1.807, 2.05) is 11.3 Å². The Labute approximate surface area is 162 Å². The molecule has 3 rings (SSSR count). The predicted octanol–water partition coefficient (Wildman–Crippen LogP) is 3.11. The Hall–Kier alpha value is -0.330. The van der Waals surface area contributed by atoms with Gasteiger partial charge in [-0.2, -0.15) is 0 Å². The number of amides is 1. The van der Waals surface area contributed by atoms with E-state index in [2.05, 4.69) is 39.1 Å². The summed E-state index contributed by atoms with van der Waals surface area (Å²) in [5, 5.41) is 2.14. The summed E-state index contributed by atoms with van der Waals surface area (Å²) in [5.74, 6) is 0.373. The number of nitrogens with zero attached hydrogens (tertiary/aromatic N) is 3. The Bertz CT molecular complexity index is 478. The van der Waals surface area contributed by atoms with Crippen molar-refractivity contribution >= 4 is 42.1 Å². The van der Waals surface area contributed by atoms with Crippen LogP contribution in [0.3, 0.4) is 0 Å². The van der Waals surface area contributed by atoms with Crippen molar-refractivity contribution in [2.24, 2.45) is 0 Å². The van der Waals surface area contributed by atoms with Crippen LogP contribution in [0.25, 0.3) is 0 Å². The van der Waals surface area contributed by atoms with Crippen molar-refractivity contribution in [1.29, 1.82) is 0 Å². The SMILES string of the molecule is CCN1CCCCC1C(=O)N1CCN(Cc2cccs2)CC1.Cl.Cl. The van der Waals surface area contributed by atoms with Gasteiger partial charge >= 0.3 is 0 Å². The summed E-state index contributed by atoms with van der Waals surface area (Å²) in [4.78, 5) is 21.2. The number of hydrogen-bond acceptors (Lipinski definition) is 4. The van der Waals surface area contributed by atoms with Crippen LogP contribution >= 0.6 is 36.2 Å². The quantitative estimate of drug-likeness (QED) is 0.785. The first-order chi connectivity index (χ1) is 10.8. The molecule has 0 bridgehead atoms. The van der Waals surface area contributed by atoms with E-state index >= 15 is 0 Å². The molecule has 0 spiro atoms. The molecule has 1 aromatic heterocycles. The minimum absolute atomic E-state index is 0. The molecule has 0 aromatic carbocycles. The van der Waals surface area contributed by atoms with Crippen LogP contribution in [0.15, 0.2) is 17.5 Å². The number of piperidine rings is 1. The topological polar surface area (TPSA) is 26.8 Å². The Morgan fingerprint density at radius 1 is 1.17 bits per heavy atom. The molecule has 7 heteroatoms. The van der Waals surface area contributed by atoms with E-state index < -0.39 is 0 Å². The summed E-state index contributed by atoms with van der Waals surface area (Å²) >= 11 is 1.82. The maximum Gasteiger partial charge on any atom is 0.240 e. The molecule has 138 valence electrons. The normalized spacial score (nSPS) is 22.5. The first kappa shape index (κ1) is 21.7. The second-order valence-electron chi connectivity index (χ2n) is 6.32. The van der Waals surface area contributed by atoms with Gasteiger partial charge in [-0.25, -0.2) is 0 Å². The van der Waals surface area contributed by atoms with Crippen LogP contribution in [0.5, 0.6) is 0 Å². The van der Waals surface area contributed by atoms with Crippen LogP contribution in [0.1, 0.15) is 31.1 Å². The standard InChI is InChI=1S/C17H27N3OS.2ClH/c1-2-19-8-4-3-7-16(19)17(21)20-11-9-18(10-12-20)14-15-6-5-13-22-15;;/h5-6,13,16H,2-4,7-12,14H2,1H3;2*1H. The lowest BCUT2D eigenvalue weighted by atomic mass is 10.0. The van der Waals surface area contributed by atoms with E-state index in [1.165, 1.54) is 17.7 Å². The van der Waals surface area contributed by atoms with E-state index in [0.29, 0.717) is 5.91 Å². The molecule has 1 aromatic rings. The van der Waals surface area contributed by atoms with Gasteiger partial charge in [-0.05, 0) is 37.4 Å². The van der Waals surface area contributed by atoms with Gasteiger partial charge in [0.05, 0.1) is 6.04 Å². The van der Waals surface area contributed by atoms with Crippen LogP contribution in [0.2, 0.25) is 0 Å². The lowest BCUT2D eigenvalue weighted by molar-refractivity contribution is -0.140. The van der Waals surface area contributed by atoms with Crippen LogP contribution < -0.4 is 0 Å². The molecule has 1 atom stereocenters. The molecule has 2 saturated heterocycles. The third-order valence-electron chi connectivity index (χ3n) is 4.95. The number of thiophene rings is 1. The average Bonchev–Trinajstić information content (AvgIpc) is 3.08. The highest BCUT2D eigenvalue weighted by Gasteiger charge is 2.32. The van der Waals surface area contributed by atoms with Crippen molar-refractivity contribution in [3.63, 3.8) is 0 Å². The smallest absolute Gasteiger partial charge is 0.240 e. The molecule has 2 fully saturated rings. The van der Waals surface area contributed by atoms with E-state index in [1.54, 1.807) is 0 Å². The van der Waals surface area contributed by atoms with Gasteiger partial charge < -0.3 is 4.90 Å². The second-order valence-corrected chi connectivity index (χ2v) is 7.35. The number of likely N-dealkylation sites (N-methyl/N-ethyl adjacent to an activating group) is 1. The fourth-order valence-electron chi connectivity index (χ4n) is 3.61. The van der Waals surface area contributed by atoms with Crippen molar-refractivity contribution in [2.45, 2.75) is 38.8 Å². The fourth-order valence-corrected chi connectivity index (χ4v) is 4.36. The lowest BCUT2D eigenvalue weighted by Gasteiger charge is -2.40. The molecule has 3 heterocycles. The van der Waals surface area contributed by atoms with Crippen molar-refractivity contribution < 1.29 is 4.79 Å². The fraction of sp³-hybridized carbons (Fsp3) is 0.706. The third-order valence-corrected chi connectivity index (χ3v) is 5.81. The summed E-state index contributed by atoms with van der Waals surface area (Å²) in [6.45, 7) is 9.07. The number of likely N-dealkylation sites (tertiary alicyclic amines) is 1. The molecule has 2 aliphatic rings. The van der Waals surface area contributed by atoms with Crippen molar-refractivity contribution in [1.82, 2.24) is 14.7 Å². The van der Waals surface area contributed by atoms with Crippen LogP contribution in [-0.2, 0) is 11.3 Å². The van der Waals surface area contributed by atoms with E-state index in [-0.39, 0.29) is 30.9 Å². The molecule has 1 amide bonds. The van der Waals surface area contributed by atoms with Gasteiger partial charge in [0.15, 0.2) is 0 Å². The summed E-state index contributed by atoms with van der Waals surface area (Å²) in [6, 6.07) is 4.45. The molecular formula is C17H29Cl2N3OS. The highest BCUT2D eigenvalue weighted by Crippen LogP contribution is 2.20. The molecule has 0 saturated carbocycles. The van der Waals surface area contributed by atoms with Crippen LogP contribution in [0.4, 0.5) is 0 Å². The summed E-state index contributed by atoms with van der Waals surface area (Å²) < 4.78 is 0. The first-order valence-corrected chi connectivity index (χ1v) is 9.43. The summed E-state index contributed by atoms with van der Waals surface area (Å²) in [6.07, 6.45) is 3.49. The van der Waals surface area contributed by atoms with Crippen molar-refractivity contribution in [2.75, 3.05) is 39.3 Å². The third kappa shape index (κ3) is 5.33. The van der Waals surface area contributed by atoms with E-state index in [0.717, 1.165) is 52.2 Å². The maximum absolute atomic E-state index is 12.8. The number of carbonyl (C=O) groups excluding carboxylic acids is 1. The van der Waals surface area contributed by atoms with Crippen LogP contribution in [-0.4, -0.2) is 65.9 Å². The van der Waals surface area contributed by atoms with Gasteiger partial charge in [0.2, 0.25) is 5.91 Å². The molecule has 2 aliphatic heterocycles. The number of rotatable bonds is 4. The van der Waals surface area contributed by atoms with Crippen molar-refractivity contribution in [3.05, 3.63) is 22.4 Å². The molecule has 0 aliphatic carbocycles. The molecule has 0 radical (unpaired) electrons. The van der Waals surface area contributed by atoms with Crippen LogP contribution in [0, 0.1) is 0 Å². The number of piperazine rings is 1. The number of carbonyl (C=O) groups is 1. The highest BCUT2D eigenvalue weighted by molar-refractivity contribution is 7.09. The number of halogens is 2. The van der Waals surface area contributed by atoms with Crippen molar-refractivity contribution in [3.8, 4) is 0 Å². The Kier molecular flexibility index (Phi) is 9.60. The number of hydrogen-bond donors (Lipinski definition) is 0. The van der Waals surface area contributed by atoms with Gasteiger partial charge in [0, 0.05) is 37.6 Å². The monoisotopic (exact) mass is 393 g/mol. The summed E-state index contributed by atoms with van der Waals surface area (Å²) in [7, 11) is 0. The minimum atomic E-state index is 0. The molecule has 24 heavy (non-hydrogen) atoms.